The van der Waals surface area contributed by atoms with Crippen LogP contribution in [0.2, 0.25) is 0 Å². The monoisotopic (exact) mass is 397 g/mol. The van der Waals surface area contributed by atoms with Crippen LogP contribution in [0.4, 0.5) is 11.6 Å². The average Bonchev–Trinajstić information content (AvgIpc) is 2.76. The summed E-state index contributed by atoms with van der Waals surface area (Å²) in [6.45, 7) is 6.49. The van der Waals surface area contributed by atoms with Crippen molar-refractivity contribution >= 4 is 28.4 Å². The fourth-order valence-electron chi connectivity index (χ4n) is 3.32. The number of aryl methyl sites for hydroxylation is 2. The largest absolute Gasteiger partial charge is 0.352 e. The molecule has 0 spiro atoms. The number of fused-ring (bicyclic) bond motifs is 1. The summed E-state index contributed by atoms with van der Waals surface area (Å²) in [4.78, 5) is 25.6. The van der Waals surface area contributed by atoms with Crippen LogP contribution in [0.3, 0.4) is 0 Å². The Morgan fingerprint density at radius 3 is 2.60 bits per heavy atom. The van der Waals surface area contributed by atoms with Crippen molar-refractivity contribution in [2.45, 2.75) is 20.8 Å². The molecule has 2 aromatic heterocycles. The van der Waals surface area contributed by atoms with E-state index in [0.29, 0.717) is 18.1 Å². The van der Waals surface area contributed by atoms with Crippen LogP contribution in [0.25, 0.3) is 22.0 Å². The summed E-state index contributed by atoms with van der Waals surface area (Å²) in [5.74, 6) is 0.462. The molecule has 4 aromatic rings. The van der Waals surface area contributed by atoms with Crippen LogP contribution < -0.4 is 10.6 Å². The number of rotatable bonds is 5. The van der Waals surface area contributed by atoms with Crippen molar-refractivity contribution < 1.29 is 4.79 Å². The molecule has 30 heavy (non-hydrogen) atoms. The third-order valence-electron chi connectivity index (χ3n) is 4.84. The normalized spacial score (nSPS) is 10.8. The number of carbonyl (C=O) groups excluding carboxylic acids is 1. The Hall–Kier alpha value is -3.80. The van der Waals surface area contributed by atoms with Gasteiger partial charge in [-0.25, -0.2) is 9.97 Å². The molecule has 0 saturated carbocycles. The van der Waals surface area contributed by atoms with Crippen LogP contribution in [0, 0.1) is 13.8 Å². The van der Waals surface area contributed by atoms with Crippen LogP contribution in [0.5, 0.6) is 0 Å². The maximum Gasteiger partial charge on any atom is 0.251 e. The molecule has 0 atom stereocenters. The number of nitrogens with zero attached hydrogens (tertiary/aromatic N) is 3. The van der Waals surface area contributed by atoms with E-state index in [9.17, 15) is 4.79 Å². The van der Waals surface area contributed by atoms with Crippen molar-refractivity contribution in [2.24, 2.45) is 0 Å². The molecule has 6 heteroatoms. The van der Waals surface area contributed by atoms with E-state index < -0.39 is 0 Å². The molecule has 0 saturated heterocycles. The van der Waals surface area contributed by atoms with E-state index >= 15 is 0 Å². The van der Waals surface area contributed by atoms with Gasteiger partial charge in [0.15, 0.2) is 0 Å². The molecule has 0 aliphatic carbocycles. The lowest BCUT2D eigenvalue weighted by molar-refractivity contribution is 0.0956. The lowest BCUT2D eigenvalue weighted by atomic mass is 9.99. The number of benzene rings is 2. The first-order chi connectivity index (χ1) is 14.5. The number of hydrogen-bond acceptors (Lipinski definition) is 5. The average molecular weight is 397 g/mol. The Morgan fingerprint density at radius 1 is 0.967 bits per heavy atom. The van der Waals surface area contributed by atoms with Gasteiger partial charge in [-0.1, -0.05) is 12.1 Å². The van der Waals surface area contributed by atoms with Crippen molar-refractivity contribution in [3.8, 4) is 11.1 Å². The highest BCUT2D eigenvalue weighted by atomic mass is 16.1. The lowest BCUT2D eigenvalue weighted by Crippen LogP contribution is -2.22. The third-order valence-corrected chi connectivity index (χ3v) is 4.84. The molecule has 0 radical (unpaired) electrons. The third kappa shape index (κ3) is 4.12. The fourth-order valence-corrected chi connectivity index (χ4v) is 3.32. The summed E-state index contributed by atoms with van der Waals surface area (Å²) >= 11 is 0. The zero-order valence-electron chi connectivity index (χ0n) is 17.2. The molecule has 6 nitrogen and oxygen atoms in total. The van der Waals surface area contributed by atoms with Gasteiger partial charge in [-0.2, -0.15) is 0 Å². The fraction of sp³-hybridized carbons (Fsp3) is 0.167. The van der Waals surface area contributed by atoms with Gasteiger partial charge in [0.05, 0.1) is 17.4 Å². The molecule has 0 fully saturated rings. The van der Waals surface area contributed by atoms with Crippen molar-refractivity contribution in [1.82, 2.24) is 20.3 Å². The van der Waals surface area contributed by atoms with Crippen molar-refractivity contribution in [3.63, 3.8) is 0 Å². The minimum atomic E-state index is -0.0680. The molecule has 0 aliphatic heterocycles. The van der Waals surface area contributed by atoms with Crippen LogP contribution in [0.15, 0.2) is 60.9 Å². The van der Waals surface area contributed by atoms with Crippen LogP contribution >= 0.6 is 0 Å². The molecule has 2 aromatic carbocycles. The summed E-state index contributed by atoms with van der Waals surface area (Å²) in [7, 11) is 0. The quantitative estimate of drug-likeness (QED) is 0.506. The molecule has 2 heterocycles. The highest BCUT2D eigenvalue weighted by Crippen LogP contribution is 2.28. The molecule has 150 valence electrons. The van der Waals surface area contributed by atoms with Gasteiger partial charge < -0.3 is 10.6 Å². The topological polar surface area (TPSA) is 79.8 Å². The van der Waals surface area contributed by atoms with Crippen LogP contribution in [-0.2, 0) is 0 Å². The second-order valence-electron chi connectivity index (χ2n) is 7.18. The molecule has 0 bridgehead atoms. The number of amides is 1. The molecule has 4 rings (SSSR count). The Labute approximate surface area is 175 Å². The summed E-state index contributed by atoms with van der Waals surface area (Å²) in [5, 5.41) is 6.99. The lowest BCUT2D eigenvalue weighted by Gasteiger charge is -2.10. The Morgan fingerprint density at radius 2 is 1.83 bits per heavy atom. The second-order valence-corrected chi connectivity index (χ2v) is 7.18. The van der Waals surface area contributed by atoms with Gasteiger partial charge in [-0.05, 0) is 73.9 Å². The zero-order chi connectivity index (χ0) is 21.1. The van der Waals surface area contributed by atoms with E-state index in [4.69, 9.17) is 0 Å². The number of carbonyl (C=O) groups is 1. The smallest absolute Gasteiger partial charge is 0.251 e. The number of hydrogen-bond donors (Lipinski definition) is 2. The summed E-state index contributed by atoms with van der Waals surface area (Å²) in [6, 6.07) is 15.7. The van der Waals surface area contributed by atoms with Crippen molar-refractivity contribution in [3.05, 3.63) is 77.7 Å². The summed E-state index contributed by atoms with van der Waals surface area (Å²) < 4.78 is 0. The number of nitrogens with one attached hydrogen (secondary N) is 2. The molecule has 0 unspecified atom stereocenters. The van der Waals surface area contributed by atoms with Crippen LogP contribution in [-0.4, -0.2) is 27.4 Å². The highest BCUT2D eigenvalue weighted by Gasteiger charge is 2.10. The molecular weight excluding hydrogens is 374 g/mol. The molecular formula is C24H23N5O. The van der Waals surface area contributed by atoms with Gasteiger partial charge >= 0.3 is 0 Å². The maximum absolute atomic E-state index is 12.2. The Kier molecular flexibility index (Phi) is 5.39. The standard InChI is InChI=1S/C24H23N5O/c1-4-25-23(30)18-7-5-6-17(11-18)19-10-15(2)22-20(12-19)13-27-24(29-22)28-21-9-8-16(3)26-14-21/h5-14H,4H2,1-3H3,(H,25,30)(H,27,28,29). The van der Waals surface area contributed by atoms with Crippen LogP contribution in [0.1, 0.15) is 28.5 Å². The number of pyridine rings is 1. The van der Waals surface area contributed by atoms with Gasteiger partial charge in [0.1, 0.15) is 0 Å². The SMILES string of the molecule is CCNC(=O)c1cccc(-c2cc(C)c3nc(Nc4ccc(C)nc4)ncc3c2)c1. The van der Waals surface area contributed by atoms with Gasteiger partial charge in [0, 0.05) is 29.4 Å². The van der Waals surface area contributed by atoms with Crippen molar-refractivity contribution in [1.29, 1.82) is 0 Å². The van der Waals surface area contributed by atoms with E-state index in [-0.39, 0.29) is 5.91 Å². The van der Waals surface area contributed by atoms with E-state index in [1.807, 2.05) is 63.4 Å². The molecule has 2 N–H and O–H groups in total. The van der Waals surface area contributed by atoms with E-state index in [0.717, 1.165) is 39.0 Å². The van der Waals surface area contributed by atoms with Crippen molar-refractivity contribution in [2.75, 3.05) is 11.9 Å². The first-order valence-corrected chi connectivity index (χ1v) is 9.89. The predicted molar refractivity (Wildman–Crippen MR) is 120 cm³/mol. The molecule has 1 amide bonds. The zero-order valence-corrected chi connectivity index (χ0v) is 17.2. The summed E-state index contributed by atoms with van der Waals surface area (Å²) in [5.41, 5.74) is 6.38. The van der Waals surface area contributed by atoms with Gasteiger partial charge in [0.2, 0.25) is 5.95 Å². The second kappa shape index (κ2) is 8.29. The van der Waals surface area contributed by atoms with Gasteiger partial charge in [-0.3, -0.25) is 9.78 Å². The predicted octanol–water partition coefficient (Wildman–Crippen LogP) is 4.80. The summed E-state index contributed by atoms with van der Waals surface area (Å²) in [6.07, 6.45) is 3.58. The molecule has 0 aliphatic rings. The minimum Gasteiger partial charge on any atom is -0.352 e. The van der Waals surface area contributed by atoms with Gasteiger partial charge in [0.25, 0.3) is 5.91 Å². The maximum atomic E-state index is 12.2. The highest BCUT2D eigenvalue weighted by molar-refractivity contribution is 5.96. The first-order valence-electron chi connectivity index (χ1n) is 9.89. The van der Waals surface area contributed by atoms with E-state index in [1.54, 1.807) is 6.20 Å². The minimum absolute atomic E-state index is 0.0680. The Bertz CT molecular complexity index is 1220. The van der Waals surface area contributed by atoms with E-state index in [2.05, 4.69) is 37.7 Å². The number of anilines is 2. The van der Waals surface area contributed by atoms with E-state index in [1.165, 1.54) is 0 Å². The number of aromatic nitrogens is 3. The Balaban J connectivity index is 1.67. The van der Waals surface area contributed by atoms with Gasteiger partial charge in [-0.15, -0.1) is 0 Å². The first kappa shape index (κ1) is 19.5.